The van der Waals surface area contributed by atoms with Crippen molar-refractivity contribution in [3.63, 3.8) is 0 Å². The molecule has 1 aliphatic rings. The molecule has 2 rings (SSSR count). The Labute approximate surface area is 94.7 Å². The molecule has 1 aliphatic carbocycles. The minimum Gasteiger partial charge on any atom is -0.330 e. The Balaban J connectivity index is 2.46. The lowest BCUT2D eigenvalue weighted by Crippen LogP contribution is -2.22. The summed E-state index contributed by atoms with van der Waals surface area (Å²) in [6, 6.07) is 4.49. The van der Waals surface area contributed by atoms with Crippen LogP contribution < -0.4 is 5.73 Å². The van der Waals surface area contributed by atoms with Crippen molar-refractivity contribution >= 4 is 0 Å². The molecule has 0 bridgehead atoms. The number of hydrogen-bond acceptors (Lipinski definition) is 1. The molecule has 16 heavy (non-hydrogen) atoms. The Morgan fingerprint density at radius 2 is 2.00 bits per heavy atom. The second-order valence-corrected chi connectivity index (χ2v) is 5.15. The van der Waals surface area contributed by atoms with E-state index in [1.807, 2.05) is 0 Å². The van der Waals surface area contributed by atoms with Crippen molar-refractivity contribution in [2.75, 3.05) is 6.54 Å². The fourth-order valence-corrected chi connectivity index (χ4v) is 2.04. The van der Waals surface area contributed by atoms with Crippen molar-refractivity contribution in [3.8, 4) is 0 Å². The van der Waals surface area contributed by atoms with Gasteiger partial charge in [0.15, 0.2) is 0 Å². The normalized spacial score (nSPS) is 18.6. The molecule has 1 aromatic rings. The Morgan fingerprint density at radius 1 is 1.38 bits per heavy atom. The maximum atomic E-state index is 13.8. The summed E-state index contributed by atoms with van der Waals surface area (Å²) in [6.45, 7) is 3.39. The van der Waals surface area contributed by atoms with E-state index >= 15 is 0 Å². The first-order valence-electron chi connectivity index (χ1n) is 5.58. The summed E-state index contributed by atoms with van der Waals surface area (Å²) in [5.74, 6) is -0.268. The van der Waals surface area contributed by atoms with E-state index in [4.69, 9.17) is 5.73 Å². The second kappa shape index (κ2) is 3.52. The van der Waals surface area contributed by atoms with Crippen LogP contribution in [-0.2, 0) is 11.1 Å². The second-order valence-electron chi connectivity index (χ2n) is 5.15. The van der Waals surface area contributed by atoms with Gasteiger partial charge < -0.3 is 5.73 Å². The Hall–Kier alpha value is -0.960. The van der Waals surface area contributed by atoms with E-state index in [9.17, 15) is 8.78 Å². The summed E-state index contributed by atoms with van der Waals surface area (Å²) in [5.41, 5.74) is 5.10. The van der Waals surface area contributed by atoms with Gasteiger partial charge in [-0.05, 0) is 49.9 Å². The van der Waals surface area contributed by atoms with E-state index in [0.717, 1.165) is 12.8 Å². The Morgan fingerprint density at radius 3 is 2.44 bits per heavy atom. The summed E-state index contributed by atoms with van der Waals surface area (Å²) in [4.78, 5) is 0. The number of nitrogens with two attached hydrogens (primary N) is 1. The largest absolute Gasteiger partial charge is 0.330 e. The summed E-state index contributed by atoms with van der Waals surface area (Å²) < 4.78 is 27.5. The van der Waals surface area contributed by atoms with Crippen LogP contribution in [-0.4, -0.2) is 6.54 Å². The predicted molar refractivity (Wildman–Crippen MR) is 60.5 cm³/mol. The van der Waals surface area contributed by atoms with Gasteiger partial charge in [-0.25, -0.2) is 8.78 Å². The van der Waals surface area contributed by atoms with Crippen LogP contribution in [0.25, 0.3) is 0 Å². The van der Waals surface area contributed by atoms with E-state index in [1.54, 1.807) is 6.07 Å². The first-order valence-corrected chi connectivity index (χ1v) is 5.58. The molecule has 0 heterocycles. The van der Waals surface area contributed by atoms with Crippen molar-refractivity contribution in [1.82, 2.24) is 0 Å². The van der Waals surface area contributed by atoms with Gasteiger partial charge in [0.2, 0.25) is 0 Å². The summed E-state index contributed by atoms with van der Waals surface area (Å²) in [5, 5.41) is 0. The lowest BCUT2D eigenvalue weighted by atomic mass is 9.90. The average Bonchev–Trinajstić information content (AvgIpc) is 2.97. The quantitative estimate of drug-likeness (QED) is 0.840. The number of hydrogen-bond donors (Lipinski definition) is 1. The van der Waals surface area contributed by atoms with Crippen LogP contribution in [0.15, 0.2) is 18.2 Å². The summed E-state index contributed by atoms with van der Waals surface area (Å²) in [7, 11) is 0. The first-order chi connectivity index (χ1) is 7.39. The van der Waals surface area contributed by atoms with Gasteiger partial charge in [-0.1, -0.05) is 6.07 Å². The van der Waals surface area contributed by atoms with Crippen LogP contribution in [0.3, 0.4) is 0 Å². The highest BCUT2D eigenvalue weighted by atomic mass is 19.1. The zero-order valence-electron chi connectivity index (χ0n) is 9.69. The minimum atomic E-state index is -1.44. The lowest BCUT2D eigenvalue weighted by Gasteiger charge is -2.19. The van der Waals surface area contributed by atoms with Crippen LogP contribution in [0.2, 0.25) is 0 Å². The maximum Gasteiger partial charge on any atom is 0.130 e. The molecule has 0 spiro atoms. The zero-order valence-corrected chi connectivity index (χ0v) is 9.69. The lowest BCUT2D eigenvalue weighted by molar-refractivity contribution is 0.221. The molecule has 0 atom stereocenters. The van der Waals surface area contributed by atoms with Crippen LogP contribution in [0.5, 0.6) is 0 Å². The van der Waals surface area contributed by atoms with Gasteiger partial charge in [-0.3, -0.25) is 0 Å². The number of halogens is 2. The van der Waals surface area contributed by atoms with Crippen molar-refractivity contribution < 1.29 is 8.78 Å². The smallest absolute Gasteiger partial charge is 0.130 e. The van der Waals surface area contributed by atoms with Crippen molar-refractivity contribution in [3.05, 3.63) is 35.1 Å². The van der Waals surface area contributed by atoms with Crippen LogP contribution >= 0.6 is 0 Å². The SMILES string of the molecule is CC(C)(F)c1ccc(F)c(C2(CN)CC2)c1. The minimum absolute atomic E-state index is 0.231. The van der Waals surface area contributed by atoms with Crippen molar-refractivity contribution in [1.29, 1.82) is 0 Å². The van der Waals surface area contributed by atoms with E-state index in [0.29, 0.717) is 17.7 Å². The average molecular weight is 225 g/mol. The molecule has 1 aromatic carbocycles. The van der Waals surface area contributed by atoms with Gasteiger partial charge in [-0.2, -0.15) is 0 Å². The molecule has 0 unspecified atom stereocenters. The molecule has 3 heteroatoms. The Bertz CT molecular complexity index is 403. The van der Waals surface area contributed by atoms with E-state index < -0.39 is 5.67 Å². The van der Waals surface area contributed by atoms with Gasteiger partial charge in [-0.15, -0.1) is 0 Å². The molecule has 0 aromatic heterocycles. The predicted octanol–water partition coefficient (Wildman–Crippen LogP) is 3.02. The molecular formula is C13H17F2N. The third-order valence-corrected chi connectivity index (χ3v) is 3.47. The van der Waals surface area contributed by atoms with E-state index in [-0.39, 0.29) is 11.2 Å². The van der Waals surface area contributed by atoms with Crippen LogP contribution in [0, 0.1) is 5.82 Å². The van der Waals surface area contributed by atoms with Gasteiger partial charge in [0.25, 0.3) is 0 Å². The third-order valence-electron chi connectivity index (χ3n) is 3.47. The fourth-order valence-electron chi connectivity index (χ4n) is 2.04. The monoisotopic (exact) mass is 225 g/mol. The van der Waals surface area contributed by atoms with E-state index in [2.05, 4.69) is 0 Å². The molecule has 2 N–H and O–H groups in total. The van der Waals surface area contributed by atoms with E-state index in [1.165, 1.54) is 26.0 Å². The molecule has 1 nitrogen and oxygen atoms in total. The highest BCUT2D eigenvalue weighted by molar-refractivity contribution is 5.38. The molecule has 0 aliphatic heterocycles. The van der Waals surface area contributed by atoms with Gasteiger partial charge in [0.05, 0.1) is 0 Å². The highest BCUT2D eigenvalue weighted by Crippen LogP contribution is 2.48. The molecule has 0 radical (unpaired) electrons. The number of benzene rings is 1. The summed E-state index contributed by atoms with van der Waals surface area (Å²) in [6.07, 6.45) is 1.80. The summed E-state index contributed by atoms with van der Waals surface area (Å²) >= 11 is 0. The highest BCUT2D eigenvalue weighted by Gasteiger charge is 2.45. The standard InChI is InChI=1S/C13H17F2N/c1-12(2,15)9-3-4-11(14)10(7-9)13(8-16)5-6-13/h3-4,7H,5-6,8,16H2,1-2H3. The third kappa shape index (κ3) is 1.84. The van der Waals surface area contributed by atoms with Gasteiger partial charge in [0, 0.05) is 12.0 Å². The number of rotatable bonds is 3. The van der Waals surface area contributed by atoms with Crippen LogP contribution in [0.1, 0.15) is 37.8 Å². The molecule has 88 valence electrons. The van der Waals surface area contributed by atoms with Gasteiger partial charge in [0.1, 0.15) is 11.5 Å². The maximum absolute atomic E-state index is 13.8. The van der Waals surface area contributed by atoms with Crippen LogP contribution in [0.4, 0.5) is 8.78 Å². The molecule has 0 amide bonds. The number of alkyl halides is 1. The van der Waals surface area contributed by atoms with Crippen molar-refractivity contribution in [2.24, 2.45) is 5.73 Å². The van der Waals surface area contributed by atoms with Crippen molar-refractivity contribution in [2.45, 2.75) is 37.8 Å². The Kier molecular flexibility index (Phi) is 2.54. The topological polar surface area (TPSA) is 26.0 Å². The zero-order chi connectivity index (χ0) is 12.0. The van der Waals surface area contributed by atoms with Gasteiger partial charge >= 0.3 is 0 Å². The molecule has 1 fully saturated rings. The first kappa shape index (κ1) is 11.5. The molecular weight excluding hydrogens is 208 g/mol. The molecule has 1 saturated carbocycles. The fraction of sp³-hybridized carbons (Fsp3) is 0.538. The molecule has 0 saturated heterocycles.